The van der Waals surface area contributed by atoms with Crippen molar-refractivity contribution in [1.29, 1.82) is 0 Å². The Labute approximate surface area is 254 Å². The van der Waals surface area contributed by atoms with E-state index < -0.39 is 0 Å². The van der Waals surface area contributed by atoms with Gasteiger partial charge in [0.2, 0.25) is 0 Å². The van der Waals surface area contributed by atoms with Crippen LogP contribution in [0.2, 0.25) is 0 Å². The number of para-hydroxylation sites is 1. The van der Waals surface area contributed by atoms with Crippen molar-refractivity contribution < 1.29 is 0 Å². The van der Waals surface area contributed by atoms with Crippen LogP contribution in [0.4, 0.5) is 17.1 Å². The highest BCUT2D eigenvalue weighted by molar-refractivity contribution is 7.28. The quantitative estimate of drug-likeness (QED) is 0.203. The third-order valence-corrected chi connectivity index (χ3v) is 11.4. The molecule has 9 rings (SSSR count). The summed E-state index contributed by atoms with van der Waals surface area (Å²) >= 11 is 5.55. The van der Waals surface area contributed by atoms with Gasteiger partial charge in [-0.1, -0.05) is 91.0 Å². The molecular formula is C37H22N2S3. The lowest BCUT2D eigenvalue weighted by Crippen LogP contribution is -2.10. The topological polar surface area (TPSA) is 16.1 Å². The molecule has 0 saturated heterocycles. The average molecular weight is 591 g/mol. The molecule has 0 spiro atoms. The standard InChI is InChI=1S/C37H22N2S3/c1-3-11-23(12-4-1)37-38-28-21-22-32-33(36(28)42-37)27-17-10-19-30(35(27)41-32)39(24-13-5-2-6-14-24)29-18-9-16-26-25-15-7-8-20-31(25)40-34(26)29/h1-22H. The average Bonchev–Trinajstić information content (AvgIpc) is 3.76. The van der Waals surface area contributed by atoms with Crippen LogP contribution in [0.15, 0.2) is 133 Å². The number of nitrogens with zero attached hydrogens (tertiary/aromatic N) is 2. The van der Waals surface area contributed by atoms with E-state index in [1.807, 2.05) is 22.7 Å². The fraction of sp³-hybridized carbons (Fsp3) is 0. The second-order valence-corrected chi connectivity index (χ2v) is 13.5. The highest BCUT2D eigenvalue weighted by Crippen LogP contribution is 2.50. The van der Waals surface area contributed by atoms with Gasteiger partial charge in [0.05, 0.1) is 31.0 Å². The van der Waals surface area contributed by atoms with E-state index in [0.29, 0.717) is 0 Å². The molecule has 0 bridgehead atoms. The highest BCUT2D eigenvalue weighted by atomic mass is 32.1. The van der Waals surface area contributed by atoms with Crippen LogP contribution in [-0.2, 0) is 0 Å². The van der Waals surface area contributed by atoms with Gasteiger partial charge in [-0.3, -0.25) is 0 Å². The van der Waals surface area contributed by atoms with Crippen LogP contribution in [-0.4, -0.2) is 4.98 Å². The third-order valence-electron chi connectivity index (χ3n) is 7.90. The molecule has 0 atom stereocenters. The van der Waals surface area contributed by atoms with Gasteiger partial charge in [0.15, 0.2) is 0 Å². The van der Waals surface area contributed by atoms with Gasteiger partial charge < -0.3 is 4.90 Å². The molecule has 42 heavy (non-hydrogen) atoms. The molecule has 0 saturated carbocycles. The number of anilines is 3. The second-order valence-electron chi connectivity index (χ2n) is 10.4. The molecule has 0 aliphatic heterocycles. The highest BCUT2D eigenvalue weighted by Gasteiger charge is 2.22. The van der Waals surface area contributed by atoms with E-state index >= 15 is 0 Å². The lowest BCUT2D eigenvalue weighted by molar-refractivity contribution is 1.32. The van der Waals surface area contributed by atoms with Gasteiger partial charge in [0, 0.05) is 42.2 Å². The Balaban J connectivity index is 1.33. The Morgan fingerprint density at radius 3 is 1.90 bits per heavy atom. The summed E-state index contributed by atoms with van der Waals surface area (Å²) in [6.45, 7) is 0. The third kappa shape index (κ3) is 3.64. The number of hydrogen-bond acceptors (Lipinski definition) is 5. The summed E-state index contributed by atoms with van der Waals surface area (Å²) in [7, 11) is 0. The number of thiazole rings is 1. The predicted molar refractivity (Wildman–Crippen MR) is 186 cm³/mol. The molecule has 6 aromatic carbocycles. The van der Waals surface area contributed by atoms with Crippen LogP contribution >= 0.6 is 34.0 Å². The number of hydrogen-bond donors (Lipinski definition) is 0. The van der Waals surface area contributed by atoms with E-state index in [9.17, 15) is 0 Å². The minimum Gasteiger partial charge on any atom is -0.308 e. The van der Waals surface area contributed by atoms with Crippen LogP contribution in [0.5, 0.6) is 0 Å². The van der Waals surface area contributed by atoms with Gasteiger partial charge in [-0.15, -0.1) is 34.0 Å². The zero-order valence-electron chi connectivity index (χ0n) is 22.3. The molecule has 0 unspecified atom stereocenters. The van der Waals surface area contributed by atoms with Crippen molar-refractivity contribution in [3.8, 4) is 10.6 Å². The summed E-state index contributed by atoms with van der Waals surface area (Å²) in [5, 5.41) is 6.27. The van der Waals surface area contributed by atoms with E-state index in [4.69, 9.17) is 4.98 Å². The molecule has 0 radical (unpaired) electrons. The van der Waals surface area contributed by atoms with Crippen LogP contribution < -0.4 is 4.90 Å². The fourth-order valence-corrected chi connectivity index (χ4v) is 9.64. The molecule has 198 valence electrons. The minimum atomic E-state index is 1.06. The number of rotatable bonds is 4. The SMILES string of the molecule is c1ccc(-c2nc3ccc4sc5c(N(c6ccccc6)c6cccc7c6sc6ccccc67)cccc5c4c3s2)cc1. The molecule has 5 heteroatoms. The van der Waals surface area contributed by atoms with Gasteiger partial charge >= 0.3 is 0 Å². The molecule has 9 aromatic rings. The van der Waals surface area contributed by atoms with Crippen molar-refractivity contribution in [2.45, 2.75) is 0 Å². The molecular weight excluding hydrogens is 569 g/mol. The maximum absolute atomic E-state index is 5.04. The lowest BCUT2D eigenvalue weighted by Gasteiger charge is -2.26. The first-order valence-electron chi connectivity index (χ1n) is 13.9. The number of aromatic nitrogens is 1. The first kappa shape index (κ1) is 24.1. The molecule has 0 aliphatic carbocycles. The molecule has 0 N–H and O–H groups in total. The molecule has 0 amide bonds. The summed E-state index contributed by atoms with van der Waals surface area (Å²) in [6.07, 6.45) is 0. The van der Waals surface area contributed by atoms with Gasteiger partial charge in [0.1, 0.15) is 5.01 Å². The molecule has 0 fully saturated rings. The van der Waals surface area contributed by atoms with Crippen LogP contribution in [0.3, 0.4) is 0 Å². The van der Waals surface area contributed by atoms with Crippen molar-refractivity contribution in [3.05, 3.63) is 133 Å². The van der Waals surface area contributed by atoms with Gasteiger partial charge in [-0.05, 0) is 42.5 Å². The van der Waals surface area contributed by atoms with Crippen molar-refractivity contribution in [3.63, 3.8) is 0 Å². The first-order valence-corrected chi connectivity index (χ1v) is 16.3. The predicted octanol–water partition coefficient (Wildman–Crippen LogP) is 12.2. The lowest BCUT2D eigenvalue weighted by atomic mass is 10.1. The van der Waals surface area contributed by atoms with Crippen molar-refractivity contribution in [2.75, 3.05) is 4.90 Å². The van der Waals surface area contributed by atoms with Gasteiger partial charge in [0.25, 0.3) is 0 Å². The smallest absolute Gasteiger partial charge is 0.124 e. The Morgan fingerprint density at radius 1 is 0.452 bits per heavy atom. The van der Waals surface area contributed by atoms with Crippen molar-refractivity contribution in [2.24, 2.45) is 0 Å². The van der Waals surface area contributed by atoms with E-state index in [0.717, 1.165) is 16.2 Å². The van der Waals surface area contributed by atoms with Crippen LogP contribution in [0, 0.1) is 0 Å². The summed E-state index contributed by atoms with van der Waals surface area (Å²) in [5.74, 6) is 0. The molecule has 3 aromatic heterocycles. The Kier molecular flexibility index (Phi) is 5.45. The fourth-order valence-electron chi connectivity index (χ4n) is 6.03. The Bertz CT molecular complexity index is 2420. The molecule has 0 aliphatic rings. The summed E-state index contributed by atoms with van der Waals surface area (Å²) < 4.78 is 6.46. The number of benzene rings is 6. The van der Waals surface area contributed by atoms with Gasteiger partial charge in [-0.2, -0.15) is 0 Å². The number of fused-ring (bicyclic) bond motifs is 8. The van der Waals surface area contributed by atoms with Crippen LogP contribution in [0.1, 0.15) is 0 Å². The maximum Gasteiger partial charge on any atom is 0.124 e. The van der Waals surface area contributed by atoms with E-state index in [-0.39, 0.29) is 0 Å². The Morgan fingerprint density at radius 2 is 1.10 bits per heavy atom. The van der Waals surface area contributed by atoms with E-state index in [2.05, 4.69) is 138 Å². The summed E-state index contributed by atoms with van der Waals surface area (Å²) in [5.41, 5.74) is 5.79. The van der Waals surface area contributed by atoms with Crippen LogP contribution in [0.25, 0.3) is 61.1 Å². The zero-order valence-corrected chi connectivity index (χ0v) is 24.8. The van der Waals surface area contributed by atoms with Crippen molar-refractivity contribution >= 4 is 102 Å². The van der Waals surface area contributed by atoms with E-state index in [1.54, 1.807) is 11.3 Å². The number of thiophene rings is 2. The Hall–Kier alpha value is -4.55. The van der Waals surface area contributed by atoms with Crippen molar-refractivity contribution in [1.82, 2.24) is 4.98 Å². The largest absolute Gasteiger partial charge is 0.308 e. The minimum absolute atomic E-state index is 1.06. The molecule has 2 nitrogen and oxygen atoms in total. The first-order chi connectivity index (χ1) is 20.8. The monoisotopic (exact) mass is 590 g/mol. The van der Waals surface area contributed by atoms with E-state index in [1.165, 1.54) is 62.0 Å². The summed E-state index contributed by atoms with van der Waals surface area (Å²) in [6, 6.07) is 47.9. The normalized spacial score (nSPS) is 11.8. The molecule has 3 heterocycles. The summed E-state index contributed by atoms with van der Waals surface area (Å²) in [4.78, 5) is 7.49. The maximum atomic E-state index is 5.04. The second kappa shape index (κ2) is 9.50. The zero-order chi connectivity index (χ0) is 27.6. The van der Waals surface area contributed by atoms with Gasteiger partial charge in [-0.25, -0.2) is 4.98 Å².